The number of ether oxygens (including phenoxy) is 1. The van der Waals surface area contributed by atoms with Crippen LogP contribution in [0.2, 0.25) is 5.15 Å². The van der Waals surface area contributed by atoms with Crippen LogP contribution >= 0.6 is 11.6 Å². The van der Waals surface area contributed by atoms with Crippen LogP contribution in [0.15, 0.2) is 72.0 Å². The number of halogens is 1. The molecule has 0 radical (unpaired) electrons. The van der Waals surface area contributed by atoms with E-state index in [2.05, 4.69) is 15.5 Å². The molecule has 0 saturated heterocycles. The summed E-state index contributed by atoms with van der Waals surface area (Å²) < 4.78 is 5.68. The van der Waals surface area contributed by atoms with Gasteiger partial charge >= 0.3 is 5.97 Å². The summed E-state index contributed by atoms with van der Waals surface area (Å²) in [5.41, 5.74) is 4.49. The SMILES string of the molecule is O=C(O)c1ccc(COc2ccc(C=NNC(=O)c3cccnc3Cl)cc2)cc1. The second-order valence-electron chi connectivity index (χ2n) is 5.90. The van der Waals surface area contributed by atoms with Gasteiger partial charge in [-0.25, -0.2) is 15.2 Å². The van der Waals surface area contributed by atoms with Crippen molar-refractivity contribution in [1.82, 2.24) is 10.4 Å². The van der Waals surface area contributed by atoms with E-state index in [1.54, 1.807) is 48.5 Å². The van der Waals surface area contributed by atoms with Crippen LogP contribution in [0, 0.1) is 0 Å². The topological polar surface area (TPSA) is 101 Å². The molecular weight excluding hydrogens is 394 g/mol. The van der Waals surface area contributed by atoms with Crippen LogP contribution in [0.4, 0.5) is 0 Å². The molecule has 0 bridgehead atoms. The number of hydrogen-bond donors (Lipinski definition) is 2. The Morgan fingerprint density at radius 3 is 2.48 bits per heavy atom. The van der Waals surface area contributed by atoms with Crippen LogP contribution in [0.1, 0.15) is 31.8 Å². The molecule has 0 aliphatic heterocycles. The molecule has 8 heteroatoms. The molecule has 2 aromatic carbocycles. The molecule has 3 rings (SSSR count). The Morgan fingerprint density at radius 1 is 1.10 bits per heavy atom. The van der Waals surface area contributed by atoms with Gasteiger partial charge < -0.3 is 9.84 Å². The maximum Gasteiger partial charge on any atom is 0.335 e. The summed E-state index contributed by atoms with van der Waals surface area (Å²) in [4.78, 5) is 26.7. The third-order valence-electron chi connectivity index (χ3n) is 3.87. The summed E-state index contributed by atoms with van der Waals surface area (Å²) in [5, 5.41) is 12.9. The zero-order chi connectivity index (χ0) is 20.6. The van der Waals surface area contributed by atoms with Crippen LogP contribution in [-0.2, 0) is 6.61 Å². The molecule has 0 fully saturated rings. The summed E-state index contributed by atoms with van der Waals surface area (Å²) in [6.45, 7) is 0.315. The van der Waals surface area contributed by atoms with Gasteiger partial charge in [-0.15, -0.1) is 0 Å². The van der Waals surface area contributed by atoms with Gasteiger partial charge in [0.1, 0.15) is 17.5 Å². The lowest BCUT2D eigenvalue weighted by molar-refractivity contribution is 0.0696. The standard InChI is InChI=1S/C21H16ClN3O4/c22-19-18(2-1-11-23-19)20(26)25-24-12-14-5-9-17(10-6-14)29-13-15-3-7-16(8-4-15)21(27)28/h1-12H,13H2,(H,25,26)(H,27,28). The summed E-state index contributed by atoms with van der Waals surface area (Å²) in [6, 6.07) is 16.8. The number of nitrogens with one attached hydrogen (secondary N) is 1. The van der Waals surface area contributed by atoms with Crippen LogP contribution in [0.25, 0.3) is 0 Å². The van der Waals surface area contributed by atoms with Crippen molar-refractivity contribution in [2.45, 2.75) is 6.61 Å². The summed E-state index contributed by atoms with van der Waals surface area (Å²) in [6.07, 6.45) is 2.99. The van der Waals surface area contributed by atoms with E-state index in [0.29, 0.717) is 12.4 Å². The number of carbonyl (C=O) groups excluding carboxylic acids is 1. The second-order valence-corrected chi connectivity index (χ2v) is 6.26. The van der Waals surface area contributed by atoms with Crippen molar-refractivity contribution in [2.75, 3.05) is 0 Å². The zero-order valence-electron chi connectivity index (χ0n) is 15.1. The summed E-state index contributed by atoms with van der Waals surface area (Å²) >= 11 is 5.86. The van der Waals surface area contributed by atoms with Crippen molar-refractivity contribution >= 4 is 29.7 Å². The average molecular weight is 410 g/mol. The van der Waals surface area contributed by atoms with Crippen LogP contribution in [0.5, 0.6) is 5.75 Å². The molecule has 0 unspecified atom stereocenters. The molecule has 1 heterocycles. The minimum absolute atomic E-state index is 0.110. The predicted octanol–water partition coefficient (Wildman–Crippen LogP) is 3.78. The first-order valence-corrected chi connectivity index (χ1v) is 8.90. The first-order valence-electron chi connectivity index (χ1n) is 8.52. The molecule has 0 aliphatic rings. The van der Waals surface area contributed by atoms with Gasteiger partial charge in [-0.05, 0) is 59.7 Å². The van der Waals surface area contributed by atoms with E-state index < -0.39 is 11.9 Å². The fourth-order valence-electron chi connectivity index (χ4n) is 2.34. The Labute approximate surface area is 171 Å². The Bertz CT molecular complexity index is 1030. The minimum Gasteiger partial charge on any atom is -0.489 e. The van der Waals surface area contributed by atoms with Crippen LogP contribution in [-0.4, -0.2) is 28.2 Å². The Hall–Kier alpha value is -3.71. The van der Waals surface area contributed by atoms with Crippen molar-refractivity contribution in [3.8, 4) is 5.75 Å². The molecule has 0 atom stereocenters. The molecule has 3 aromatic rings. The number of aromatic carboxylic acids is 1. The van der Waals surface area contributed by atoms with Crippen LogP contribution in [0.3, 0.4) is 0 Å². The smallest absolute Gasteiger partial charge is 0.335 e. The number of pyridine rings is 1. The van der Waals surface area contributed by atoms with Gasteiger partial charge in [0.05, 0.1) is 17.3 Å². The highest BCUT2D eigenvalue weighted by molar-refractivity contribution is 6.32. The number of aromatic nitrogens is 1. The number of carboxylic acid groups (broad SMARTS) is 1. The molecule has 1 aromatic heterocycles. The van der Waals surface area contributed by atoms with Crippen molar-refractivity contribution in [2.24, 2.45) is 5.10 Å². The number of hydrazone groups is 1. The van der Waals surface area contributed by atoms with Gasteiger partial charge in [0, 0.05) is 6.20 Å². The molecule has 0 saturated carbocycles. The monoisotopic (exact) mass is 409 g/mol. The maximum absolute atomic E-state index is 12.0. The number of rotatable bonds is 7. The van der Waals surface area contributed by atoms with Gasteiger partial charge in [-0.3, -0.25) is 4.79 Å². The quantitative estimate of drug-likeness (QED) is 0.351. The Balaban J connectivity index is 1.52. The van der Waals surface area contributed by atoms with E-state index in [1.807, 2.05) is 0 Å². The van der Waals surface area contributed by atoms with Gasteiger partial charge in [-0.1, -0.05) is 23.7 Å². The molecule has 0 aliphatic carbocycles. The van der Waals surface area contributed by atoms with Crippen molar-refractivity contribution in [3.63, 3.8) is 0 Å². The van der Waals surface area contributed by atoms with E-state index in [4.69, 9.17) is 21.4 Å². The van der Waals surface area contributed by atoms with Crippen molar-refractivity contribution in [1.29, 1.82) is 0 Å². The third-order valence-corrected chi connectivity index (χ3v) is 4.17. The van der Waals surface area contributed by atoms with Crippen LogP contribution < -0.4 is 10.2 Å². The predicted molar refractivity (Wildman–Crippen MR) is 108 cm³/mol. The maximum atomic E-state index is 12.0. The first kappa shape index (κ1) is 20.0. The largest absolute Gasteiger partial charge is 0.489 e. The fourth-order valence-corrected chi connectivity index (χ4v) is 2.55. The molecule has 2 N–H and O–H groups in total. The Morgan fingerprint density at radius 2 is 1.83 bits per heavy atom. The van der Waals surface area contributed by atoms with Crippen molar-refractivity contribution < 1.29 is 19.4 Å². The highest BCUT2D eigenvalue weighted by Crippen LogP contribution is 2.14. The third kappa shape index (κ3) is 5.63. The van der Waals surface area contributed by atoms with Gasteiger partial charge in [-0.2, -0.15) is 5.10 Å². The van der Waals surface area contributed by atoms with E-state index in [-0.39, 0.29) is 16.3 Å². The molecule has 0 spiro atoms. The van der Waals surface area contributed by atoms with Gasteiger partial charge in [0.25, 0.3) is 5.91 Å². The van der Waals surface area contributed by atoms with Gasteiger partial charge in [0.15, 0.2) is 0 Å². The highest BCUT2D eigenvalue weighted by Gasteiger charge is 2.09. The number of benzene rings is 2. The lowest BCUT2D eigenvalue weighted by atomic mass is 10.1. The summed E-state index contributed by atoms with van der Waals surface area (Å²) in [5.74, 6) is -0.765. The second kappa shape index (κ2) is 9.48. The molecule has 146 valence electrons. The van der Waals surface area contributed by atoms with E-state index in [9.17, 15) is 9.59 Å². The molecular formula is C21H16ClN3O4. The first-order chi connectivity index (χ1) is 14.0. The number of carboxylic acids is 1. The van der Waals surface area contributed by atoms with E-state index in [0.717, 1.165) is 11.1 Å². The number of hydrogen-bond acceptors (Lipinski definition) is 5. The molecule has 7 nitrogen and oxygen atoms in total. The molecule has 1 amide bonds. The number of nitrogens with zero attached hydrogens (tertiary/aromatic N) is 2. The van der Waals surface area contributed by atoms with Crippen molar-refractivity contribution in [3.05, 3.63) is 94.3 Å². The summed E-state index contributed by atoms with van der Waals surface area (Å²) in [7, 11) is 0. The van der Waals surface area contributed by atoms with Gasteiger partial charge in [0.2, 0.25) is 0 Å². The zero-order valence-corrected chi connectivity index (χ0v) is 15.8. The van der Waals surface area contributed by atoms with E-state index in [1.165, 1.54) is 24.5 Å². The Kier molecular flexibility index (Phi) is 6.55. The van der Waals surface area contributed by atoms with E-state index >= 15 is 0 Å². The number of carbonyl (C=O) groups is 2. The normalized spacial score (nSPS) is 10.7. The molecule has 29 heavy (non-hydrogen) atoms. The lowest BCUT2D eigenvalue weighted by Crippen LogP contribution is -2.18. The number of amides is 1. The highest BCUT2D eigenvalue weighted by atomic mass is 35.5. The lowest BCUT2D eigenvalue weighted by Gasteiger charge is -2.07. The fraction of sp³-hybridized carbons (Fsp3) is 0.0476. The minimum atomic E-state index is -0.963. The average Bonchev–Trinajstić information content (AvgIpc) is 2.73.